The molecule has 0 radical (unpaired) electrons. The van der Waals surface area contributed by atoms with Gasteiger partial charge in [0, 0.05) is 41.5 Å². The molecule has 0 spiro atoms. The normalized spacial score (nSPS) is 11.8. The van der Waals surface area contributed by atoms with Crippen LogP contribution in [0.3, 0.4) is 0 Å². The molecule has 8 aromatic rings. The lowest BCUT2D eigenvalue weighted by Gasteiger charge is -2.24. The molecule has 0 aliphatic rings. The summed E-state index contributed by atoms with van der Waals surface area (Å²) in [6, 6.07) is 28.7. The van der Waals surface area contributed by atoms with Crippen molar-refractivity contribution in [2.24, 2.45) is 0 Å². The summed E-state index contributed by atoms with van der Waals surface area (Å²) in [6.45, 7) is 6.30. The lowest BCUT2D eigenvalue weighted by molar-refractivity contribution is 1.12. The van der Waals surface area contributed by atoms with E-state index in [-0.39, 0.29) is 0 Å². The van der Waals surface area contributed by atoms with E-state index in [1.807, 2.05) is 6.92 Å². The molecule has 6 aromatic carbocycles. The Hall–Kier alpha value is -5.22. The molecule has 2 heterocycles. The second-order valence-electron chi connectivity index (χ2n) is 10.7. The van der Waals surface area contributed by atoms with E-state index in [1.165, 1.54) is 59.8 Å². The second kappa shape index (κ2) is 8.90. The number of fused-ring (bicyclic) bond motifs is 1. The van der Waals surface area contributed by atoms with Gasteiger partial charge in [-0.3, -0.25) is 19.9 Å². The van der Waals surface area contributed by atoms with Crippen molar-refractivity contribution in [3.63, 3.8) is 0 Å². The SMILES string of the molecule is Cc1nccnc1-c1cc2ccc3cccc4c(-c5cccc6ccccc56)c(-c5nccnc5C)c(c1C)c2c34. The highest BCUT2D eigenvalue weighted by atomic mass is 14.8. The van der Waals surface area contributed by atoms with Gasteiger partial charge in [-0.15, -0.1) is 0 Å². The molecule has 0 saturated heterocycles. The Morgan fingerprint density at radius 1 is 0.439 bits per heavy atom. The third-order valence-corrected chi connectivity index (χ3v) is 8.49. The molecule has 0 unspecified atom stereocenters. The van der Waals surface area contributed by atoms with Crippen LogP contribution in [0.15, 0.2) is 104 Å². The molecular weight excluding hydrogens is 500 g/mol. The molecule has 194 valence electrons. The first-order chi connectivity index (χ1) is 20.1. The van der Waals surface area contributed by atoms with Crippen molar-refractivity contribution in [3.05, 3.63) is 121 Å². The average molecular weight is 527 g/mol. The molecule has 4 heteroatoms. The summed E-state index contributed by atoms with van der Waals surface area (Å²) in [5, 5.41) is 9.79. The van der Waals surface area contributed by atoms with Crippen molar-refractivity contribution in [3.8, 4) is 33.6 Å². The van der Waals surface area contributed by atoms with E-state index >= 15 is 0 Å². The van der Waals surface area contributed by atoms with Gasteiger partial charge in [0.2, 0.25) is 0 Å². The van der Waals surface area contributed by atoms with Gasteiger partial charge in [-0.25, -0.2) is 0 Å². The van der Waals surface area contributed by atoms with Gasteiger partial charge in [0.15, 0.2) is 0 Å². The molecule has 0 N–H and O–H groups in total. The number of rotatable bonds is 3. The van der Waals surface area contributed by atoms with E-state index in [9.17, 15) is 0 Å². The Kier molecular flexibility index (Phi) is 5.13. The largest absolute Gasteiger partial charge is 0.258 e. The molecule has 4 nitrogen and oxygen atoms in total. The molecule has 0 aliphatic carbocycles. The standard InChI is InChI=1S/C37H26N4/c1-21-30(36-22(2)38-16-18-40-36)20-26-15-14-25-10-7-13-29-32(25)33(26)31(21)35(37-23(3)39-17-19-41-37)34(29)28-12-6-9-24-8-4-5-11-27(24)28/h4-20H,1-3H3. The van der Waals surface area contributed by atoms with Gasteiger partial charge in [0.25, 0.3) is 0 Å². The minimum atomic E-state index is 0.902. The molecular formula is C37H26N4. The summed E-state index contributed by atoms with van der Waals surface area (Å²) >= 11 is 0. The summed E-state index contributed by atoms with van der Waals surface area (Å²) in [5.41, 5.74) is 9.38. The van der Waals surface area contributed by atoms with Crippen LogP contribution in [-0.4, -0.2) is 19.9 Å². The van der Waals surface area contributed by atoms with Crippen molar-refractivity contribution < 1.29 is 0 Å². The Balaban J connectivity index is 1.69. The molecule has 0 bridgehead atoms. The predicted octanol–water partition coefficient (Wildman–Crippen LogP) is 9.24. The third kappa shape index (κ3) is 3.40. The molecule has 0 aliphatic heterocycles. The number of hydrogen-bond acceptors (Lipinski definition) is 4. The van der Waals surface area contributed by atoms with E-state index in [2.05, 4.69) is 97.7 Å². The van der Waals surface area contributed by atoms with Crippen LogP contribution in [0.25, 0.3) is 76.7 Å². The van der Waals surface area contributed by atoms with E-state index in [4.69, 9.17) is 15.0 Å². The van der Waals surface area contributed by atoms with E-state index in [1.54, 1.807) is 24.8 Å². The zero-order valence-electron chi connectivity index (χ0n) is 23.1. The quantitative estimate of drug-likeness (QED) is 0.215. The van der Waals surface area contributed by atoms with Gasteiger partial charge < -0.3 is 0 Å². The number of nitrogens with zero attached hydrogens (tertiary/aromatic N) is 4. The fourth-order valence-corrected chi connectivity index (χ4v) is 6.68. The summed E-state index contributed by atoms with van der Waals surface area (Å²) < 4.78 is 0. The lowest BCUT2D eigenvalue weighted by Crippen LogP contribution is -2.01. The number of aryl methyl sites for hydroxylation is 3. The van der Waals surface area contributed by atoms with E-state index in [0.29, 0.717) is 0 Å². The number of hydrogen-bond donors (Lipinski definition) is 0. The van der Waals surface area contributed by atoms with Crippen molar-refractivity contribution in [1.82, 2.24) is 19.9 Å². The van der Waals surface area contributed by atoms with Gasteiger partial charge in [-0.05, 0) is 81.1 Å². The molecule has 0 atom stereocenters. The van der Waals surface area contributed by atoms with Crippen LogP contribution in [0.2, 0.25) is 0 Å². The first-order valence-corrected chi connectivity index (χ1v) is 13.9. The van der Waals surface area contributed by atoms with E-state index < -0.39 is 0 Å². The fraction of sp³-hybridized carbons (Fsp3) is 0.0811. The van der Waals surface area contributed by atoms with Crippen molar-refractivity contribution in [2.75, 3.05) is 0 Å². The van der Waals surface area contributed by atoms with Crippen LogP contribution in [0.4, 0.5) is 0 Å². The summed E-state index contributed by atoms with van der Waals surface area (Å²) in [5.74, 6) is 0. The maximum absolute atomic E-state index is 4.99. The van der Waals surface area contributed by atoms with Crippen molar-refractivity contribution in [1.29, 1.82) is 0 Å². The maximum atomic E-state index is 4.99. The smallest absolute Gasteiger partial charge is 0.0927 e. The molecule has 8 rings (SSSR count). The topological polar surface area (TPSA) is 51.6 Å². The highest BCUT2D eigenvalue weighted by Crippen LogP contribution is 2.51. The number of aromatic nitrogens is 4. The van der Waals surface area contributed by atoms with Crippen molar-refractivity contribution >= 4 is 43.1 Å². The van der Waals surface area contributed by atoms with Crippen LogP contribution in [0, 0.1) is 20.8 Å². The van der Waals surface area contributed by atoms with Crippen LogP contribution in [0.5, 0.6) is 0 Å². The Morgan fingerprint density at radius 2 is 1.07 bits per heavy atom. The predicted molar refractivity (Wildman–Crippen MR) is 169 cm³/mol. The van der Waals surface area contributed by atoms with Crippen LogP contribution >= 0.6 is 0 Å². The Morgan fingerprint density at radius 3 is 1.88 bits per heavy atom. The Labute approximate surface area is 237 Å². The molecule has 41 heavy (non-hydrogen) atoms. The first-order valence-electron chi connectivity index (χ1n) is 13.9. The third-order valence-electron chi connectivity index (χ3n) is 8.49. The minimum absolute atomic E-state index is 0.902. The molecule has 0 amide bonds. The van der Waals surface area contributed by atoms with Gasteiger partial charge in [-0.1, -0.05) is 72.8 Å². The minimum Gasteiger partial charge on any atom is -0.258 e. The zero-order valence-corrected chi connectivity index (χ0v) is 23.1. The summed E-state index contributed by atoms with van der Waals surface area (Å²) in [6.07, 6.45) is 7.11. The van der Waals surface area contributed by atoms with Crippen LogP contribution in [-0.2, 0) is 0 Å². The molecule has 2 aromatic heterocycles. The first kappa shape index (κ1) is 23.6. The highest BCUT2D eigenvalue weighted by Gasteiger charge is 2.26. The highest BCUT2D eigenvalue weighted by molar-refractivity contribution is 6.33. The average Bonchev–Trinajstić information content (AvgIpc) is 3.01. The summed E-state index contributed by atoms with van der Waals surface area (Å²) in [7, 11) is 0. The second-order valence-corrected chi connectivity index (χ2v) is 10.7. The van der Waals surface area contributed by atoms with Gasteiger partial charge >= 0.3 is 0 Å². The van der Waals surface area contributed by atoms with E-state index in [0.717, 1.165) is 33.9 Å². The van der Waals surface area contributed by atoms with Crippen LogP contribution < -0.4 is 0 Å². The number of benzene rings is 6. The fourth-order valence-electron chi connectivity index (χ4n) is 6.68. The van der Waals surface area contributed by atoms with Gasteiger partial charge in [0.1, 0.15) is 0 Å². The summed E-state index contributed by atoms with van der Waals surface area (Å²) in [4.78, 5) is 19.1. The lowest BCUT2D eigenvalue weighted by atomic mass is 9.80. The monoisotopic (exact) mass is 526 g/mol. The Bertz CT molecular complexity index is 2300. The van der Waals surface area contributed by atoms with Crippen LogP contribution in [0.1, 0.15) is 17.0 Å². The van der Waals surface area contributed by atoms with Crippen molar-refractivity contribution in [2.45, 2.75) is 20.8 Å². The van der Waals surface area contributed by atoms with Gasteiger partial charge in [-0.2, -0.15) is 0 Å². The maximum Gasteiger partial charge on any atom is 0.0927 e. The molecule has 0 saturated carbocycles. The van der Waals surface area contributed by atoms with Gasteiger partial charge in [0.05, 0.1) is 22.8 Å². The molecule has 0 fully saturated rings. The zero-order chi connectivity index (χ0) is 27.7.